The first-order valence-corrected chi connectivity index (χ1v) is 6.65. The van der Waals surface area contributed by atoms with Crippen molar-refractivity contribution in [3.8, 4) is 0 Å². The lowest BCUT2D eigenvalue weighted by molar-refractivity contribution is -0.384. The van der Waals surface area contributed by atoms with Gasteiger partial charge >= 0.3 is 0 Å². The molecule has 0 saturated carbocycles. The normalized spacial score (nSPS) is 12.3. The van der Waals surface area contributed by atoms with Crippen LogP contribution in [0.5, 0.6) is 0 Å². The Bertz CT molecular complexity index is 586. The molecule has 0 aliphatic rings. The Morgan fingerprint density at radius 1 is 1.55 bits per heavy atom. The Hall–Kier alpha value is -1.92. The van der Waals surface area contributed by atoms with Gasteiger partial charge in [-0.3, -0.25) is 10.1 Å². The zero-order chi connectivity index (χ0) is 14.5. The van der Waals surface area contributed by atoms with Gasteiger partial charge in [0.1, 0.15) is 5.82 Å². The molecule has 0 saturated heterocycles. The van der Waals surface area contributed by atoms with Crippen LogP contribution in [0.1, 0.15) is 30.8 Å². The highest BCUT2D eigenvalue weighted by Gasteiger charge is 2.14. The summed E-state index contributed by atoms with van der Waals surface area (Å²) in [6, 6.07) is 4.49. The summed E-state index contributed by atoms with van der Waals surface area (Å²) in [6.45, 7) is 2.48. The number of nitro groups is 1. The number of aromatic nitrogens is 2. The average molecular weight is 295 g/mol. The summed E-state index contributed by atoms with van der Waals surface area (Å²) in [5, 5.41) is 14.6. The van der Waals surface area contributed by atoms with Gasteiger partial charge in [0, 0.05) is 36.1 Å². The number of halogens is 1. The Kier molecular flexibility index (Phi) is 4.70. The van der Waals surface area contributed by atoms with Crippen molar-refractivity contribution in [2.75, 3.05) is 0 Å². The van der Waals surface area contributed by atoms with E-state index in [0.29, 0.717) is 17.1 Å². The molecule has 1 aromatic carbocycles. The highest BCUT2D eigenvalue weighted by Crippen LogP contribution is 2.23. The van der Waals surface area contributed by atoms with Gasteiger partial charge in [-0.15, -0.1) is 0 Å². The number of nitro benzene ring substituents is 1. The van der Waals surface area contributed by atoms with E-state index in [1.54, 1.807) is 18.5 Å². The molecule has 2 N–H and O–H groups in total. The van der Waals surface area contributed by atoms with Crippen LogP contribution in [0, 0.1) is 10.1 Å². The van der Waals surface area contributed by atoms with E-state index < -0.39 is 4.92 Å². The molecule has 0 aliphatic heterocycles. The fourth-order valence-electron chi connectivity index (χ4n) is 1.95. The molecular weight excluding hydrogens is 280 g/mol. The Labute approximate surface area is 121 Å². The molecule has 0 bridgehead atoms. The first-order chi connectivity index (χ1) is 9.61. The second-order valence-corrected chi connectivity index (χ2v) is 4.76. The number of benzene rings is 1. The zero-order valence-electron chi connectivity index (χ0n) is 11.0. The minimum Gasteiger partial charge on any atom is -0.347 e. The second kappa shape index (κ2) is 6.49. The summed E-state index contributed by atoms with van der Waals surface area (Å²) >= 11 is 6.07. The highest BCUT2D eigenvalue weighted by atomic mass is 35.5. The number of nitrogens with zero attached hydrogens (tertiary/aromatic N) is 2. The smallest absolute Gasteiger partial charge is 0.269 e. The number of imidazole rings is 1. The Morgan fingerprint density at radius 3 is 2.95 bits per heavy atom. The number of hydrogen-bond donors (Lipinski definition) is 2. The van der Waals surface area contributed by atoms with Crippen molar-refractivity contribution in [1.82, 2.24) is 15.3 Å². The molecule has 0 fully saturated rings. The van der Waals surface area contributed by atoms with Gasteiger partial charge in [-0.25, -0.2) is 4.98 Å². The van der Waals surface area contributed by atoms with Crippen molar-refractivity contribution < 1.29 is 4.92 Å². The van der Waals surface area contributed by atoms with Crippen LogP contribution in [0.25, 0.3) is 0 Å². The van der Waals surface area contributed by atoms with E-state index in [1.807, 2.05) is 6.92 Å². The summed E-state index contributed by atoms with van der Waals surface area (Å²) in [5.74, 6) is 0.842. The monoisotopic (exact) mass is 294 g/mol. The maximum atomic E-state index is 10.8. The molecular formula is C13H15ClN4O2. The summed E-state index contributed by atoms with van der Waals surface area (Å²) in [6.07, 6.45) is 4.31. The minimum absolute atomic E-state index is 0.0391. The molecule has 2 rings (SSSR count). The van der Waals surface area contributed by atoms with Crippen LogP contribution < -0.4 is 5.32 Å². The molecule has 1 heterocycles. The fourth-order valence-corrected chi connectivity index (χ4v) is 2.13. The van der Waals surface area contributed by atoms with Crippen LogP contribution >= 0.6 is 11.6 Å². The predicted octanol–water partition coefficient (Wildman–Crippen LogP) is 3.21. The van der Waals surface area contributed by atoms with Gasteiger partial charge in [-0.05, 0) is 18.1 Å². The largest absolute Gasteiger partial charge is 0.347 e. The van der Waals surface area contributed by atoms with Crippen molar-refractivity contribution >= 4 is 17.3 Å². The Balaban J connectivity index is 2.10. The van der Waals surface area contributed by atoms with Gasteiger partial charge in [-0.2, -0.15) is 0 Å². The molecule has 0 spiro atoms. The van der Waals surface area contributed by atoms with E-state index in [-0.39, 0.29) is 11.7 Å². The van der Waals surface area contributed by atoms with Gasteiger partial charge in [0.15, 0.2) is 0 Å². The van der Waals surface area contributed by atoms with E-state index in [4.69, 9.17) is 11.6 Å². The summed E-state index contributed by atoms with van der Waals surface area (Å²) in [4.78, 5) is 17.6. The quantitative estimate of drug-likeness (QED) is 0.633. The molecule has 2 aromatic rings. The second-order valence-electron chi connectivity index (χ2n) is 4.35. The number of non-ortho nitro benzene ring substituents is 1. The van der Waals surface area contributed by atoms with E-state index in [1.165, 1.54) is 12.1 Å². The Morgan fingerprint density at radius 2 is 2.35 bits per heavy atom. The summed E-state index contributed by atoms with van der Waals surface area (Å²) < 4.78 is 0. The first kappa shape index (κ1) is 14.5. The van der Waals surface area contributed by atoms with E-state index in [9.17, 15) is 10.1 Å². The van der Waals surface area contributed by atoms with Crippen LogP contribution in [-0.4, -0.2) is 14.9 Å². The van der Waals surface area contributed by atoms with Crippen LogP contribution in [-0.2, 0) is 6.54 Å². The standard InChI is InChI=1S/C13H15ClN4O2/c1-2-12(13-15-5-6-16-13)17-8-9-7-10(18(19)20)3-4-11(9)14/h3-7,12,17H,2,8H2,1H3,(H,15,16). The third-order valence-electron chi connectivity index (χ3n) is 3.04. The van der Waals surface area contributed by atoms with E-state index in [2.05, 4.69) is 15.3 Å². The van der Waals surface area contributed by atoms with Gasteiger partial charge in [0.2, 0.25) is 0 Å². The maximum absolute atomic E-state index is 10.8. The number of aromatic amines is 1. The van der Waals surface area contributed by atoms with Gasteiger partial charge in [0.25, 0.3) is 5.69 Å². The molecule has 106 valence electrons. The molecule has 7 heteroatoms. The average Bonchev–Trinajstić information content (AvgIpc) is 2.95. The molecule has 20 heavy (non-hydrogen) atoms. The van der Waals surface area contributed by atoms with Gasteiger partial charge in [0.05, 0.1) is 11.0 Å². The van der Waals surface area contributed by atoms with Crippen LogP contribution in [0.4, 0.5) is 5.69 Å². The molecule has 1 atom stereocenters. The first-order valence-electron chi connectivity index (χ1n) is 6.27. The SMILES string of the molecule is CCC(NCc1cc([N+](=O)[O-])ccc1Cl)c1ncc[nH]1. The highest BCUT2D eigenvalue weighted by molar-refractivity contribution is 6.31. The van der Waals surface area contributed by atoms with Crippen LogP contribution in [0.2, 0.25) is 5.02 Å². The van der Waals surface area contributed by atoms with Crippen LogP contribution in [0.3, 0.4) is 0 Å². The number of H-pyrrole nitrogens is 1. The van der Waals surface area contributed by atoms with Crippen molar-refractivity contribution in [1.29, 1.82) is 0 Å². The van der Waals surface area contributed by atoms with E-state index in [0.717, 1.165) is 12.2 Å². The number of nitrogens with one attached hydrogen (secondary N) is 2. The third kappa shape index (κ3) is 3.34. The molecule has 0 amide bonds. The van der Waals surface area contributed by atoms with Crippen molar-refractivity contribution in [3.63, 3.8) is 0 Å². The number of hydrogen-bond acceptors (Lipinski definition) is 4. The van der Waals surface area contributed by atoms with Crippen molar-refractivity contribution in [2.45, 2.75) is 25.9 Å². The maximum Gasteiger partial charge on any atom is 0.269 e. The summed E-state index contributed by atoms with van der Waals surface area (Å²) in [7, 11) is 0. The zero-order valence-corrected chi connectivity index (χ0v) is 11.7. The predicted molar refractivity (Wildman–Crippen MR) is 76.6 cm³/mol. The lowest BCUT2D eigenvalue weighted by Gasteiger charge is -2.15. The number of rotatable bonds is 6. The third-order valence-corrected chi connectivity index (χ3v) is 3.41. The van der Waals surface area contributed by atoms with E-state index >= 15 is 0 Å². The lowest BCUT2D eigenvalue weighted by Crippen LogP contribution is -2.21. The van der Waals surface area contributed by atoms with Crippen molar-refractivity contribution in [2.24, 2.45) is 0 Å². The van der Waals surface area contributed by atoms with Gasteiger partial charge < -0.3 is 10.3 Å². The van der Waals surface area contributed by atoms with Crippen molar-refractivity contribution in [3.05, 3.63) is 57.1 Å². The molecule has 0 aliphatic carbocycles. The molecule has 1 aromatic heterocycles. The molecule has 6 nitrogen and oxygen atoms in total. The van der Waals surface area contributed by atoms with Gasteiger partial charge in [-0.1, -0.05) is 18.5 Å². The van der Waals surface area contributed by atoms with Crippen LogP contribution in [0.15, 0.2) is 30.6 Å². The minimum atomic E-state index is -0.427. The lowest BCUT2D eigenvalue weighted by atomic mass is 10.1. The fraction of sp³-hybridized carbons (Fsp3) is 0.308. The summed E-state index contributed by atoms with van der Waals surface area (Å²) in [5.41, 5.74) is 0.739. The molecule has 0 radical (unpaired) electrons. The topological polar surface area (TPSA) is 83.8 Å². The molecule has 1 unspecified atom stereocenters.